The van der Waals surface area contributed by atoms with E-state index in [4.69, 9.17) is 5.11 Å². The Morgan fingerprint density at radius 1 is 1.24 bits per heavy atom. The summed E-state index contributed by atoms with van der Waals surface area (Å²) in [5.41, 5.74) is 1.96. The van der Waals surface area contributed by atoms with Crippen molar-refractivity contribution in [2.75, 3.05) is 0 Å². The van der Waals surface area contributed by atoms with Crippen molar-refractivity contribution in [1.82, 2.24) is 4.98 Å². The van der Waals surface area contributed by atoms with Crippen LogP contribution in [0.1, 0.15) is 16.3 Å². The highest BCUT2D eigenvalue weighted by atomic mass is 32.1. The van der Waals surface area contributed by atoms with E-state index in [0.717, 1.165) is 16.3 Å². The van der Waals surface area contributed by atoms with Crippen molar-refractivity contribution in [1.29, 1.82) is 0 Å². The predicted octanol–water partition coefficient (Wildman–Crippen LogP) is 2.30. The Hall–Kier alpha value is -1.39. The van der Waals surface area contributed by atoms with E-state index < -0.39 is 6.10 Å². The minimum atomic E-state index is -0.430. The van der Waals surface area contributed by atoms with Gasteiger partial charge in [0.05, 0.1) is 16.8 Å². The molecule has 0 radical (unpaired) electrons. The fraction of sp³-hybridized carbons (Fsp3) is 0.308. The summed E-state index contributed by atoms with van der Waals surface area (Å²) in [5, 5.41) is 22.1. The Balaban J connectivity index is 1.93. The van der Waals surface area contributed by atoms with Gasteiger partial charge in [0.15, 0.2) is 0 Å². The highest BCUT2D eigenvalue weighted by Gasteiger charge is 2.09. The van der Waals surface area contributed by atoms with E-state index in [0.29, 0.717) is 12.8 Å². The second-order valence-electron chi connectivity index (χ2n) is 4.09. The van der Waals surface area contributed by atoms with Crippen LogP contribution in [0, 0.1) is 6.92 Å². The van der Waals surface area contributed by atoms with Crippen LogP contribution >= 0.6 is 11.3 Å². The smallest absolute Gasteiger partial charge is 0.115 e. The number of aromatic nitrogens is 1. The normalized spacial score (nSPS) is 12.6. The standard InChI is InChI=1S/C13H15NO2S/c1-9-14-11(8-17-9)7-13(16)6-10-2-4-12(15)5-3-10/h2-5,8,13,15-16H,6-7H2,1H3. The fourth-order valence-corrected chi connectivity index (χ4v) is 2.35. The molecule has 0 spiro atoms. The SMILES string of the molecule is Cc1nc(CC(O)Cc2ccc(O)cc2)cs1. The number of aromatic hydroxyl groups is 1. The van der Waals surface area contributed by atoms with Crippen LogP contribution in [0.4, 0.5) is 0 Å². The predicted molar refractivity (Wildman–Crippen MR) is 68.4 cm³/mol. The van der Waals surface area contributed by atoms with Gasteiger partial charge in [0.25, 0.3) is 0 Å². The van der Waals surface area contributed by atoms with Gasteiger partial charge in [-0.1, -0.05) is 12.1 Å². The second-order valence-corrected chi connectivity index (χ2v) is 5.15. The first-order valence-electron chi connectivity index (χ1n) is 5.50. The van der Waals surface area contributed by atoms with Crippen LogP contribution in [0.15, 0.2) is 29.6 Å². The zero-order valence-electron chi connectivity index (χ0n) is 9.63. The van der Waals surface area contributed by atoms with Crippen LogP contribution in [0.2, 0.25) is 0 Å². The highest BCUT2D eigenvalue weighted by Crippen LogP contribution is 2.14. The summed E-state index contributed by atoms with van der Waals surface area (Å²) in [6.07, 6.45) is 0.725. The summed E-state index contributed by atoms with van der Waals surface area (Å²) in [5.74, 6) is 0.248. The summed E-state index contributed by atoms with van der Waals surface area (Å²) >= 11 is 1.60. The van der Waals surface area contributed by atoms with Crippen LogP contribution in [0.3, 0.4) is 0 Å². The van der Waals surface area contributed by atoms with Gasteiger partial charge in [0, 0.05) is 11.8 Å². The molecule has 0 aliphatic rings. The molecule has 1 aromatic carbocycles. The largest absolute Gasteiger partial charge is 0.508 e. The summed E-state index contributed by atoms with van der Waals surface area (Å²) in [6, 6.07) is 6.92. The van der Waals surface area contributed by atoms with E-state index in [1.54, 1.807) is 23.5 Å². The molecule has 1 unspecified atom stereocenters. The van der Waals surface area contributed by atoms with E-state index in [1.807, 2.05) is 24.4 Å². The molecular formula is C13H15NO2S. The number of aliphatic hydroxyl groups is 1. The number of hydrogen-bond donors (Lipinski definition) is 2. The van der Waals surface area contributed by atoms with Gasteiger partial charge in [-0.05, 0) is 31.0 Å². The minimum absolute atomic E-state index is 0.248. The Kier molecular flexibility index (Phi) is 3.76. The van der Waals surface area contributed by atoms with Crippen LogP contribution < -0.4 is 0 Å². The number of aryl methyl sites for hydroxylation is 1. The van der Waals surface area contributed by atoms with Gasteiger partial charge in [-0.25, -0.2) is 4.98 Å². The van der Waals surface area contributed by atoms with Crippen LogP contribution in [0.5, 0.6) is 5.75 Å². The number of rotatable bonds is 4. The van der Waals surface area contributed by atoms with Crippen molar-refractivity contribution < 1.29 is 10.2 Å². The van der Waals surface area contributed by atoms with Gasteiger partial charge >= 0.3 is 0 Å². The molecule has 2 aromatic rings. The summed E-state index contributed by atoms with van der Waals surface area (Å²) in [4.78, 5) is 4.32. The van der Waals surface area contributed by atoms with Gasteiger partial charge < -0.3 is 10.2 Å². The maximum absolute atomic E-state index is 9.94. The molecule has 4 heteroatoms. The molecule has 0 aliphatic carbocycles. The highest BCUT2D eigenvalue weighted by molar-refractivity contribution is 7.09. The van der Waals surface area contributed by atoms with Crippen LogP contribution in [0.25, 0.3) is 0 Å². The molecule has 0 amide bonds. The minimum Gasteiger partial charge on any atom is -0.508 e. The van der Waals surface area contributed by atoms with Crippen molar-refractivity contribution in [3.05, 3.63) is 45.9 Å². The molecule has 2 N–H and O–H groups in total. The van der Waals surface area contributed by atoms with Gasteiger partial charge in [0.1, 0.15) is 5.75 Å². The molecule has 0 saturated heterocycles. The molecule has 0 saturated carbocycles. The summed E-state index contributed by atoms with van der Waals surface area (Å²) in [7, 11) is 0. The van der Waals surface area contributed by atoms with Crippen molar-refractivity contribution in [3.63, 3.8) is 0 Å². The van der Waals surface area contributed by atoms with Gasteiger partial charge in [-0.15, -0.1) is 11.3 Å². The number of aliphatic hydroxyl groups excluding tert-OH is 1. The molecule has 0 fully saturated rings. The average molecular weight is 249 g/mol. The molecular weight excluding hydrogens is 234 g/mol. The molecule has 1 heterocycles. The third-order valence-corrected chi connectivity index (χ3v) is 3.34. The zero-order valence-corrected chi connectivity index (χ0v) is 10.4. The lowest BCUT2D eigenvalue weighted by atomic mass is 10.0. The Morgan fingerprint density at radius 3 is 2.53 bits per heavy atom. The van der Waals surface area contributed by atoms with Gasteiger partial charge in [-0.3, -0.25) is 0 Å². The van der Waals surface area contributed by atoms with Crippen LogP contribution in [-0.4, -0.2) is 21.3 Å². The first kappa shape index (κ1) is 12.1. The molecule has 90 valence electrons. The first-order chi connectivity index (χ1) is 8.13. The van der Waals surface area contributed by atoms with Gasteiger partial charge in [0.2, 0.25) is 0 Å². The van der Waals surface area contributed by atoms with Crippen LogP contribution in [-0.2, 0) is 12.8 Å². The monoisotopic (exact) mass is 249 g/mol. The number of benzene rings is 1. The van der Waals surface area contributed by atoms with E-state index in [9.17, 15) is 5.11 Å². The third kappa shape index (κ3) is 3.54. The van der Waals surface area contributed by atoms with E-state index in [2.05, 4.69) is 4.98 Å². The quantitative estimate of drug-likeness (QED) is 0.874. The molecule has 1 atom stereocenters. The molecule has 2 rings (SSSR count). The number of phenolic OH excluding ortho intramolecular Hbond substituents is 1. The maximum atomic E-state index is 9.94. The second kappa shape index (κ2) is 5.29. The van der Waals surface area contributed by atoms with Crippen molar-refractivity contribution >= 4 is 11.3 Å². The molecule has 0 aliphatic heterocycles. The van der Waals surface area contributed by atoms with E-state index in [1.165, 1.54) is 0 Å². The maximum Gasteiger partial charge on any atom is 0.115 e. The molecule has 3 nitrogen and oxygen atoms in total. The van der Waals surface area contributed by atoms with Crippen molar-refractivity contribution in [3.8, 4) is 5.75 Å². The fourth-order valence-electron chi connectivity index (χ4n) is 1.72. The third-order valence-electron chi connectivity index (χ3n) is 2.52. The van der Waals surface area contributed by atoms with Crippen molar-refractivity contribution in [2.24, 2.45) is 0 Å². The van der Waals surface area contributed by atoms with E-state index >= 15 is 0 Å². The summed E-state index contributed by atoms with van der Waals surface area (Å²) < 4.78 is 0. The molecule has 1 aromatic heterocycles. The van der Waals surface area contributed by atoms with Crippen molar-refractivity contribution in [2.45, 2.75) is 25.9 Å². The Labute approximate surface area is 104 Å². The average Bonchev–Trinajstić information content (AvgIpc) is 2.67. The summed E-state index contributed by atoms with van der Waals surface area (Å²) in [6.45, 7) is 1.96. The topological polar surface area (TPSA) is 53.4 Å². The molecule has 17 heavy (non-hydrogen) atoms. The first-order valence-corrected chi connectivity index (χ1v) is 6.38. The lowest BCUT2D eigenvalue weighted by molar-refractivity contribution is 0.174. The Bertz CT molecular complexity index is 478. The Morgan fingerprint density at radius 2 is 1.94 bits per heavy atom. The number of nitrogens with zero attached hydrogens (tertiary/aromatic N) is 1. The van der Waals surface area contributed by atoms with E-state index in [-0.39, 0.29) is 5.75 Å². The lowest BCUT2D eigenvalue weighted by Gasteiger charge is -2.09. The number of thiazole rings is 1. The lowest BCUT2D eigenvalue weighted by Crippen LogP contribution is -2.14. The number of phenols is 1. The number of hydrogen-bond acceptors (Lipinski definition) is 4. The zero-order chi connectivity index (χ0) is 12.3. The van der Waals surface area contributed by atoms with Gasteiger partial charge in [-0.2, -0.15) is 0 Å². The molecule has 0 bridgehead atoms.